The zero-order valence-corrected chi connectivity index (χ0v) is 11.4. The van der Waals surface area contributed by atoms with Gasteiger partial charge >= 0.3 is 0 Å². The lowest BCUT2D eigenvalue weighted by atomic mass is 10.2. The van der Waals surface area contributed by atoms with Crippen molar-refractivity contribution in [2.24, 2.45) is 0 Å². The Balaban J connectivity index is 0.000000132. The first-order valence-corrected chi connectivity index (χ1v) is 6.95. The Morgan fingerprint density at radius 3 is 2.11 bits per heavy atom. The second-order valence-corrected chi connectivity index (χ2v) is 5.52. The van der Waals surface area contributed by atoms with Crippen LogP contribution < -0.4 is 0 Å². The topological polar surface area (TPSA) is 12.9 Å². The maximum absolute atomic E-state index is 11.9. The zero-order chi connectivity index (χ0) is 13.2. The monoisotopic (exact) mass is 289 g/mol. The summed E-state index contributed by atoms with van der Waals surface area (Å²) in [5, 5.41) is 1.96. The Hall–Kier alpha value is -1.71. The first-order valence-electron chi connectivity index (χ1n) is 5.70. The van der Waals surface area contributed by atoms with Crippen LogP contribution in [0.1, 0.15) is 0 Å². The number of thiazole rings is 1. The van der Waals surface area contributed by atoms with Crippen molar-refractivity contribution in [3.8, 4) is 22.4 Å². The van der Waals surface area contributed by atoms with Gasteiger partial charge in [-0.25, -0.2) is 9.37 Å². The lowest BCUT2D eigenvalue weighted by molar-refractivity contribution is 0.632. The van der Waals surface area contributed by atoms with Crippen LogP contribution in [-0.4, -0.2) is 4.98 Å². The molecule has 19 heavy (non-hydrogen) atoms. The summed E-state index contributed by atoms with van der Waals surface area (Å²) in [5.41, 5.74) is 4.20. The van der Waals surface area contributed by atoms with Gasteiger partial charge in [-0.2, -0.15) is 0 Å². The number of fused-ring (bicyclic) bond motifs is 1. The van der Waals surface area contributed by atoms with E-state index >= 15 is 0 Å². The molecular formula is C15H9ClFNS. The Kier molecular flexibility index (Phi) is 3.32. The first-order chi connectivity index (χ1) is 9.22. The van der Waals surface area contributed by atoms with E-state index in [1.54, 1.807) is 0 Å². The highest BCUT2D eigenvalue weighted by atomic mass is 35.5. The molecule has 0 amide bonds. The predicted molar refractivity (Wildman–Crippen MR) is 78.0 cm³/mol. The number of rotatable bonds is 1. The standard InChI is InChI=1S/C9H6ClNS.C6H3F/c10-9-11-8(6-12-9)7-4-2-1-3-5-7;7-6-2-4-1-5(4)3-6/h1-6H;1-3H. The molecule has 0 saturated carbocycles. The molecule has 0 spiro atoms. The summed E-state index contributed by atoms with van der Waals surface area (Å²) in [7, 11) is 0. The van der Waals surface area contributed by atoms with Crippen molar-refractivity contribution in [1.29, 1.82) is 0 Å². The van der Waals surface area contributed by atoms with E-state index in [0.717, 1.165) is 22.4 Å². The van der Waals surface area contributed by atoms with Crippen LogP contribution in [-0.2, 0) is 0 Å². The number of hydrogen-bond donors (Lipinski definition) is 0. The van der Waals surface area contributed by atoms with Gasteiger partial charge < -0.3 is 0 Å². The van der Waals surface area contributed by atoms with Gasteiger partial charge in [-0.1, -0.05) is 41.9 Å². The maximum Gasteiger partial charge on any atom is 0.184 e. The molecule has 1 nitrogen and oxygen atoms in total. The Morgan fingerprint density at radius 1 is 0.947 bits per heavy atom. The number of hydrogen-bond acceptors (Lipinski definition) is 2. The molecule has 0 saturated heterocycles. The minimum Gasteiger partial charge on any atom is -0.225 e. The molecule has 0 atom stereocenters. The summed E-state index contributed by atoms with van der Waals surface area (Å²) in [6.07, 6.45) is 0. The Morgan fingerprint density at radius 2 is 1.63 bits per heavy atom. The van der Waals surface area contributed by atoms with Gasteiger partial charge in [0.15, 0.2) is 4.47 Å². The molecule has 2 aliphatic rings. The Labute approximate surface area is 119 Å². The fraction of sp³-hybridized carbons (Fsp3) is 0. The van der Waals surface area contributed by atoms with Gasteiger partial charge in [-0.3, -0.25) is 0 Å². The van der Waals surface area contributed by atoms with Gasteiger partial charge in [0.1, 0.15) is 5.82 Å². The van der Waals surface area contributed by atoms with E-state index in [2.05, 4.69) is 4.98 Å². The van der Waals surface area contributed by atoms with E-state index in [-0.39, 0.29) is 5.82 Å². The summed E-state index contributed by atoms with van der Waals surface area (Å²) in [6.45, 7) is 0. The van der Waals surface area contributed by atoms with Crippen LogP contribution in [0.3, 0.4) is 0 Å². The maximum atomic E-state index is 11.9. The van der Waals surface area contributed by atoms with E-state index in [1.807, 2.05) is 41.8 Å². The van der Waals surface area contributed by atoms with Crippen LogP contribution in [0.15, 0.2) is 53.9 Å². The smallest absolute Gasteiger partial charge is 0.184 e. The normalized spacial score (nSPS) is 10.6. The summed E-state index contributed by atoms with van der Waals surface area (Å²) in [5.74, 6) is -0.104. The zero-order valence-electron chi connectivity index (χ0n) is 9.81. The molecule has 0 fully saturated rings. The molecule has 2 aliphatic carbocycles. The molecule has 2 aromatic rings. The van der Waals surface area contributed by atoms with Crippen molar-refractivity contribution in [3.63, 3.8) is 0 Å². The van der Waals surface area contributed by atoms with Crippen molar-refractivity contribution < 1.29 is 4.39 Å². The third-order valence-electron chi connectivity index (χ3n) is 2.69. The van der Waals surface area contributed by atoms with Gasteiger partial charge in [0, 0.05) is 10.9 Å². The third kappa shape index (κ3) is 3.00. The van der Waals surface area contributed by atoms with Crippen LogP contribution in [0.4, 0.5) is 4.39 Å². The average molecular weight is 290 g/mol. The lowest BCUT2D eigenvalue weighted by Crippen LogP contribution is -1.74. The lowest BCUT2D eigenvalue weighted by Gasteiger charge is -1.92. The molecule has 4 heteroatoms. The number of nitrogens with zero attached hydrogens (tertiary/aromatic N) is 1. The van der Waals surface area contributed by atoms with Gasteiger partial charge in [0.25, 0.3) is 0 Å². The number of benzene rings is 2. The van der Waals surface area contributed by atoms with E-state index < -0.39 is 0 Å². The highest BCUT2D eigenvalue weighted by Crippen LogP contribution is 2.34. The van der Waals surface area contributed by atoms with Crippen LogP contribution in [0.2, 0.25) is 4.47 Å². The quantitative estimate of drug-likeness (QED) is 0.465. The summed E-state index contributed by atoms with van der Waals surface area (Å²) < 4.78 is 12.5. The highest BCUT2D eigenvalue weighted by Gasteiger charge is 2.12. The molecule has 4 rings (SSSR count). The molecule has 1 aromatic heterocycles. The van der Waals surface area contributed by atoms with Gasteiger partial charge in [0.05, 0.1) is 5.69 Å². The molecule has 0 N–H and O–H groups in total. The van der Waals surface area contributed by atoms with Gasteiger partial charge in [0.2, 0.25) is 0 Å². The minimum absolute atomic E-state index is 0.104. The first kappa shape index (κ1) is 12.3. The molecular weight excluding hydrogens is 281 g/mol. The summed E-state index contributed by atoms with van der Waals surface area (Å²) in [4.78, 5) is 4.16. The van der Waals surface area contributed by atoms with Crippen molar-refractivity contribution in [3.05, 3.63) is 64.2 Å². The van der Waals surface area contributed by atoms with Crippen molar-refractivity contribution in [1.82, 2.24) is 4.98 Å². The molecule has 0 radical (unpaired) electrons. The second kappa shape index (κ2) is 5.11. The average Bonchev–Trinajstić information content (AvgIpc) is 2.85. The van der Waals surface area contributed by atoms with E-state index in [0.29, 0.717) is 4.47 Å². The van der Waals surface area contributed by atoms with E-state index in [1.165, 1.54) is 23.5 Å². The van der Waals surface area contributed by atoms with E-state index in [4.69, 9.17) is 11.6 Å². The van der Waals surface area contributed by atoms with Crippen LogP contribution in [0, 0.1) is 5.82 Å². The summed E-state index contributed by atoms with van der Waals surface area (Å²) >= 11 is 7.17. The Bertz CT molecular complexity index is 689. The molecule has 1 aromatic carbocycles. The third-order valence-corrected chi connectivity index (χ3v) is 3.67. The van der Waals surface area contributed by atoms with Crippen LogP contribution >= 0.6 is 22.9 Å². The SMILES string of the molecule is Clc1nc(-c2ccccc2)cs1.Fc1cc2cc-2c1. The highest BCUT2D eigenvalue weighted by molar-refractivity contribution is 7.14. The number of halogens is 2. The number of aromatic nitrogens is 1. The van der Waals surface area contributed by atoms with Crippen molar-refractivity contribution in [2.75, 3.05) is 0 Å². The largest absolute Gasteiger partial charge is 0.225 e. The second-order valence-electron chi connectivity index (χ2n) is 4.08. The molecule has 94 valence electrons. The molecule has 0 unspecified atom stereocenters. The fourth-order valence-corrected chi connectivity index (χ4v) is 2.49. The van der Waals surface area contributed by atoms with Crippen LogP contribution in [0.5, 0.6) is 0 Å². The molecule has 0 aliphatic heterocycles. The fourth-order valence-electron chi connectivity index (χ4n) is 1.71. The van der Waals surface area contributed by atoms with Crippen molar-refractivity contribution in [2.45, 2.75) is 0 Å². The predicted octanol–water partition coefficient (Wildman–Crippen LogP) is 5.27. The van der Waals surface area contributed by atoms with Gasteiger partial charge in [-0.15, -0.1) is 11.3 Å². The molecule has 0 bridgehead atoms. The summed E-state index contributed by atoms with van der Waals surface area (Å²) in [6, 6.07) is 15.0. The molecule has 1 heterocycles. The van der Waals surface area contributed by atoms with Gasteiger partial charge in [-0.05, 0) is 29.3 Å². The van der Waals surface area contributed by atoms with Crippen LogP contribution in [0.25, 0.3) is 22.4 Å². The minimum atomic E-state index is -0.104. The van der Waals surface area contributed by atoms with E-state index in [9.17, 15) is 4.39 Å². The van der Waals surface area contributed by atoms with Crippen molar-refractivity contribution >= 4 is 22.9 Å².